The molecule has 0 fully saturated rings. The summed E-state index contributed by atoms with van der Waals surface area (Å²) in [5, 5.41) is 9.63. The second-order valence-corrected chi connectivity index (χ2v) is 3.34. The average molecular weight is 208 g/mol. The predicted octanol–water partition coefficient (Wildman–Crippen LogP) is 0.135. The van der Waals surface area contributed by atoms with Gasteiger partial charge in [-0.05, 0) is 13.8 Å². The summed E-state index contributed by atoms with van der Waals surface area (Å²) < 4.78 is 1.08. The molecule has 0 saturated heterocycles. The van der Waals surface area contributed by atoms with E-state index in [1.165, 1.54) is 6.92 Å². The fourth-order valence-electron chi connectivity index (χ4n) is 1.30. The Morgan fingerprint density at radius 1 is 1.60 bits per heavy atom. The first-order chi connectivity index (χ1) is 6.99. The molecule has 5 nitrogen and oxygen atoms in total. The molecule has 0 saturated carbocycles. The minimum Gasteiger partial charge on any atom is -0.494 e. The molecule has 0 aliphatic heterocycles. The lowest BCUT2D eigenvalue weighted by Crippen LogP contribution is -2.32. The van der Waals surface area contributed by atoms with Crippen molar-refractivity contribution in [1.29, 1.82) is 0 Å². The van der Waals surface area contributed by atoms with E-state index in [2.05, 4.69) is 10.9 Å². The van der Waals surface area contributed by atoms with Crippen LogP contribution in [0.5, 0.6) is 5.88 Å². The number of hydrogen-bond donors (Lipinski definition) is 2. The number of nitrogens with one attached hydrogen (secondary N) is 1. The molecule has 5 heteroatoms. The van der Waals surface area contributed by atoms with Crippen molar-refractivity contribution < 1.29 is 5.11 Å². The Kier molecular flexibility index (Phi) is 3.00. The van der Waals surface area contributed by atoms with Crippen molar-refractivity contribution in [2.75, 3.05) is 0 Å². The summed E-state index contributed by atoms with van der Waals surface area (Å²) in [5.41, 5.74) is -1.12. The van der Waals surface area contributed by atoms with E-state index in [9.17, 15) is 14.7 Å². The van der Waals surface area contributed by atoms with Gasteiger partial charge in [-0.15, -0.1) is 12.3 Å². The number of hydrogen-bond acceptors (Lipinski definition) is 3. The van der Waals surface area contributed by atoms with E-state index < -0.39 is 11.2 Å². The van der Waals surface area contributed by atoms with E-state index in [4.69, 9.17) is 6.42 Å². The number of nitrogens with zero attached hydrogens (tertiary/aromatic N) is 1. The van der Waals surface area contributed by atoms with Crippen LogP contribution in [0, 0.1) is 19.3 Å². The highest BCUT2D eigenvalue weighted by Gasteiger charge is 2.14. The van der Waals surface area contributed by atoms with Gasteiger partial charge in [0, 0.05) is 12.5 Å². The van der Waals surface area contributed by atoms with Gasteiger partial charge in [-0.3, -0.25) is 14.3 Å². The fourth-order valence-corrected chi connectivity index (χ4v) is 1.30. The maximum atomic E-state index is 11.4. The van der Waals surface area contributed by atoms with Gasteiger partial charge in [0.15, 0.2) is 0 Å². The molecule has 1 aromatic rings. The molecule has 0 spiro atoms. The number of rotatable bonds is 2. The molecule has 1 aromatic heterocycles. The third kappa shape index (κ3) is 1.94. The third-order valence-corrected chi connectivity index (χ3v) is 2.20. The standard InChI is InChI=1S/C10H12N2O3/c1-4-5-6(2)12-9(14)7(3)8(13)11-10(12)15/h1,6,14H,5H2,2-3H3,(H,11,13,15). The SMILES string of the molecule is C#CCC(C)n1c(O)c(C)c(=O)[nH]c1=O. The van der Waals surface area contributed by atoms with Crippen molar-refractivity contribution in [3.8, 4) is 18.2 Å². The molecular formula is C10H12N2O3. The first-order valence-electron chi connectivity index (χ1n) is 4.47. The Balaban J connectivity index is 3.44. The van der Waals surface area contributed by atoms with Crippen LogP contribution in [-0.4, -0.2) is 14.7 Å². The number of aromatic hydroxyl groups is 1. The number of terminal acetylenes is 1. The van der Waals surface area contributed by atoms with Crippen LogP contribution in [0.15, 0.2) is 9.59 Å². The molecule has 1 heterocycles. The van der Waals surface area contributed by atoms with E-state index in [0.717, 1.165) is 4.57 Å². The van der Waals surface area contributed by atoms with Crippen molar-refractivity contribution >= 4 is 0 Å². The predicted molar refractivity (Wildman–Crippen MR) is 55.9 cm³/mol. The van der Waals surface area contributed by atoms with Crippen LogP contribution in [0.2, 0.25) is 0 Å². The van der Waals surface area contributed by atoms with Gasteiger partial charge in [-0.25, -0.2) is 4.79 Å². The lowest BCUT2D eigenvalue weighted by atomic mass is 10.2. The summed E-state index contributed by atoms with van der Waals surface area (Å²) in [5.74, 6) is 2.06. The van der Waals surface area contributed by atoms with Gasteiger partial charge in [0.05, 0.1) is 5.56 Å². The van der Waals surface area contributed by atoms with Crippen LogP contribution in [0.1, 0.15) is 24.9 Å². The maximum absolute atomic E-state index is 11.4. The van der Waals surface area contributed by atoms with Crippen LogP contribution in [-0.2, 0) is 0 Å². The highest BCUT2D eigenvalue weighted by molar-refractivity contribution is 5.21. The Morgan fingerprint density at radius 3 is 2.73 bits per heavy atom. The Hall–Kier alpha value is -1.96. The third-order valence-electron chi connectivity index (χ3n) is 2.20. The van der Waals surface area contributed by atoms with Crippen molar-refractivity contribution in [2.24, 2.45) is 0 Å². The highest BCUT2D eigenvalue weighted by atomic mass is 16.3. The molecule has 1 rings (SSSR count). The van der Waals surface area contributed by atoms with Crippen molar-refractivity contribution in [3.05, 3.63) is 26.4 Å². The minimum atomic E-state index is -0.647. The maximum Gasteiger partial charge on any atom is 0.331 e. The molecule has 2 N–H and O–H groups in total. The quantitative estimate of drug-likeness (QED) is 0.678. The summed E-state index contributed by atoms with van der Waals surface area (Å²) in [6, 6.07) is -0.349. The van der Waals surface area contributed by atoms with Gasteiger partial charge in [0.1, 0.15) is 0 Å². The first-order valence-corrected chi connectivity index (χ1v) is 4.47. The summed E-state index contributed by atoms with van der Waals surface area (Å²) in [6.07, 6.45) is 5.42. The van der Waals surface area contributed by atoms with Gasteiger partial charge >= 0.3 is 5.69 Å². The lowest BCUT2D eigenvalue weighted by molar-refractivity contribution is 0.370. The Morgan fingerprint density at radius 2 is 2.20 bits per heavy atom. The molecule has 0 aliphatic rings. The number of aromatic nitrogens is 2. The van der Waals surface area contributed by atoms with Gasteiger partial charge in [0.2, 0.25) is 5.88 Å². The summed E-state index contributed by atoms with van der Waals surface area (Å²) in [4.78, 5) is 24.6. The second-order valence-electron chi connectivity index (χ2n) is 3.34. The second kappa shape index (κ2) is 4.05. The Labute approximate surface area is 86.4 Å². The number of H-pyrrole nitrogens is 1. The van der Waals surface area contributed by atoms with Crippen LogP contribution < -0.4 is 11.2 Å². The Bertz CT molecular complexity index is 519. The van der Waals surface area contributed by atoms with E-state index in [1.54, 1.807) is 6.92 Å². The molecule has 0 aromatic carbocycles. The molecule has 80 valence electrons. The molecule has 0 radical (unpaired) electrons. The molecule has 0 bridgehead atoms. The minimum absolute atomic E-state index is 0.110. The van der Waals surface area contributed by atoms with Crippen LogP contribution in [0.4, 0.5) is 0 Å². The fraction of sp³-hybridized carbons (Fsp3) is 0.400. The normalized spacial score (nSPS) is 12.1. The summed E-state index contributed by atoms with van der Waals surface area (Å²) in [6.45, 7) is 3.13. The molecule has 0 amide bonds. The first kappa shape index (κ1) is 11.1. The van der Waals surface area contributed by atoms with Crippen molar-refractivity contribution in [2.45, 2.75) is 26.3 Å². The molecule has 1 unspecified atom stereocenters. The summed E-state index contributed by atoms with van der Waals surface area (Å²) in [7, 11) is 0. The lowest BCUT2D eigenvalue weighted by Gasteiger charge is -2.14. The molecule has 0 aliphatic carbocycles. The van der Waals surface area contributed by atoms with Gasteiger partial charge in [-0.2, -0.15) is 0 Å². The largest absolute Gasteiger partial charge is 0.494 e. The van der Waals surface area contributed by atoms with E-state index in [1.807, 2.05) is 0 Å². The van der Waals surface area contributed by atoms with Crippen LogP contribution >= 0.6 is 0 Å². The zero-order valence-corrected chi connectivity index (χ0v) is 8.57. The van der Waals surface area contributed by atoms with E-state index in [0.29, 0.717) is 6.42 Å². The zero-order valence-electron chi connectivity index (χ0n) is 8.57. The van der Waals surface area contributed by atoms with E-state index >= 15 is 0 Å². The van der Waals surface area contributed by atoms with Gasteiger partial charge in [0.25, 0.3) is 5.56 Å². The van der Waals surface area contributed by atoms with Crippen LogP contribution in [0.25, 0.3) is 0 Å². The molecule has 15 heavy (non-hydrogen) atoms. The molecular weight excluding hydrogens is 196 g/mol. The monoisotopic (exact) mass is 208 g/mol. The van der Waals surface area contributed by atoms with Gasteiger partial charge in [-0.1, -0.05) is 0 Å². The summed E-state index contributed by atoms with van der Waals surface area (Å²) >= 11 is 0. The zero-order chi connectivity index (χ0) is 11.6. The smallest absolute Gasteiger partial charge is 0.331 e. The van der Waals surface area contributed by atoms with E-state index in [-0.39, 0.29) is 17.5 Å². The van der Waals surface area contributed by atoms with Crippen molar-refractivity contribution in [3.63, 3.8) is 0 Å². The van der Waals surface area contributed by atoms with Crippen LogP contribution in [0.3, 0.4) is 0 Å². The highest BCUT2D eigenvalue weighted by Crippen LogP contribution is 2.16. The molecule has 1 atom stereocenters. The van der Waals surface area contributed by atoms with Crippen molar-refractivity contribution in [1.82, 2.24) is 9.55 Å². The van der Waals surface area contributed by atoms with Gasteiger partial charge < -0.3 is 5.11 Å². The topological polar surface area (TPSA) is 75.1 Å². The number of aromatic amines is 1. The average Bonchev–Trinajstić information content (AvgIpc) is 2.15.